The smallest absolute Gasteiger partial charge is 0.309 e. The molecule has 0 unspecified atom stereocenters. The highest BCUT2D eigenvalue weighted by atomic mass is 16.7. The molecule has 0 saturated heterocycles. The zero-order chi connectivity index (χ0) is 20.5. The molecular formula is C21H25N3O5. The Morgan fingerprint density at radius 1 is 1.28 bits per heavy atom. The summed E-state index contributed by atoms with van der Waals surface area (Å²) in [5, 5.41) is 4.29. The third kappa shape index (κ3) is 4.06. The van der Waals surface area contributed by atoms with Gasteiger partial charge in [-0.15, -0.1) is 0 Å². The first kappa shape index (κ1) is 19.3. The summed E-state index contributed by atoms with van der Waals surface area (Å²) in [7, 11) is 1.76. The van der Waals surface area contributed by atoms with Crippen LogP contribution in [0.15, 0.2) is 24.3 Å². The molecule has 154 valence electrons. The van der Waals surface area contributed by atoms with Gasteiger partial charge in [-0.2, -0.15) is 5.10 Å². The Bertz CT molecular complexity index is 938. The lowest BCUT2D eigenvalue weighted by Crippen LogP contribution is -2.34. The number of carbonyl (C=O) groups is 2. The average Bonchev–Trinajstić information content (AvgIpc) is 3.15. The lowest BCUT2D eigenvalue weighted by Gasteiger charge is -2.23. The van der Waals surface area contributed by atoms with E-state index in [9.17, 15) is 9.59 Å². The first-order valence-electron chi connectivity index (χ1n) is 9.81. The van der Waals surface area contributed by atoms with Crippen LogP contribution in [0.25, 0.3) is 0 Å². The Labute approximate surface area is 169 Å². The number of aryl methyl sites for hydroxylation is 2. The molecule has 8 nitrogen and oxygen atoms in total. The molecule has 0 radical (unpaired) electrons. The van der Waals surface area contributed by atoms with Gasteiger partial charge < -0.3 is 19.1 Å². The quantitative estimate of drug-likeness (QED) is 0.665. The molecule has 4 rings (SSSR count). The summed E-state index contributed by atoms with van der Waals surface area (Å²) < 4.78 is 17.5. The summed E-state index contributed by atoms with van der Waals surface area (Å²) in [6.45, 7) is 5.13. The zero-order valence-corrected chi connectivity index (χ0v) is 16.9. The molecule has 0 spiro atoms. The summed E-state index contributed by atoms with van der Waals surface area (Å²) in [5.41, 5.74) is 2.25. The van der Waals surface area contributed by atoms with Crippen molar-refractivity contribution in [3.63, 3.8) is 0 Å². The fourth-order valence-corrected chi connectivity index (χ4v) is 3.72. The minimum atomic E-state index is -0.177. The van der Waals surface area contributed by atoms with Crippen LogP contribution in [0, 0.1) is 18.8 Å². The molecule has 1 aromatic heterocycles. The zero-order valence-electron chi connectivity index (χ0n) is 16.9. The molecule has 1 fully saturated rings. The van der Waals surface area contributed by atoms with E-state index in [2.05, 4.69) is 5.10 Å². The Morgan fingerprint density at radius 3 is 2.79 bits per heavy atom. The highest BCUT2D eigenvalue weighted by Crippen LogP contribution is 2.41. The number of fused-ring (bicyclic) bond motifs is 1. The first-order valence-corrected chi connectivity index (χ1v) is 9.81. The van der Waals surface area contributed by atoms with Crippen molar-refractivity contribution in [2.75, 3.05) is 19.9 Å². The number of nitrogens with zero attached hydrogens (tertiary/aromatic N) is 3. The molecule has 8 heteroatoms. The number of hydrogen-bond donors (Lipinski definition) is 0. The predicted molar refractivity (Wildman–Crippen MR) is 103 cm³/mol. The maximum atomic E-state index is 13.3. The van der Waals surface area contributed by atoms with Crippen molar-refractivity contribution >= 4 is 11.9 Å². The lowest BCUT2D eigenvalue weighted by molar-refractivity contribution is -0.145. The highest BCUT2D eigenvalue weighted by Gasteiger charge is 2.45. The van der Waals surface area contributed by atoms with Crippen LogP contribution in [-0.4, -0.2) is 46.5 Å². The molecule has 2 aromatic rings. The van der Waals surface area contributed by atoms with E-state index in [1.54, 1.807) is 29.6 Å². The molecule has 1 amide bonds. The molecule has 0 bridgehead atoms. The average molecular weight is 399 g/mol. The molecule has 1 aromatic carbocycles. The number of rotatable bonds is 7. The van der Waals surface area contributed by atoms with Crippen molar-refractivity contribution in [3.05, 3.63) is 41.2 Å². The summed E-state index contributed by atoms with van der Waals surface area (Å²) in [4.78, 5) is 27.1. The molecule has 29 heavy (non-hydrogen) atoms. The van der Waals surface area contributed by atoms with Gasteiger partial charge in [0.1, 0.15) is 5.69 Å². The summed E-state index contributed by atoms with van der Waals surface area (Å²) in [5.74, 6) is 1.08. The Morgan fingerprint density at radius 2 is 2.07 bits per heavy atom. The second-order valence-electron chi connectivity index (χ2n) is 7.52. The van der Waals surface area contributed by atoms with Crippen molar-refractivity contribution in [3.8, 4) is 11.5 Å². The third-order valence-electron chi connectivity index (χ3n) is 5.29. The largest absolute Gasteiger partial charge is 0.466 e. The van der Waals surface area contributed by atoms with Crippen LogP contribution in [0.5, 0.6) is 11.5 Å². The van der Waals surface area contributed by atoms with Crippen LogP contribution < -0.4 is 9.47 Å². The van der Waals surface area contributed by atoms with Crippen LogP contribution in [-0.2, 0) is 23.1 Å². The van der Waals surface area contributed by atoms with E-state index in [0.29, 0.717) is 36.9 Å². The lowest BCUT2D eigenvalue weighted by atomic mass is 10.1. The fraction of sp³-hybridized carbons (Fsp3) is 0.476. The van der Waals surface area contributed by atoms with Crippen LogP contribution in [0.3, 0.4) is 0 Å². The van der Waals surface area contributed by atoms with E-state index in [4.69, 9.17) is 14.2 Å². The molecule has 1 saturated carbocycles. The van der Waals surface area contributed by atoms with Gasteiger partial charge in [0.05, 0.1) is 18.2 Å². The Kier molecular flexibility index (Phi) is 5.17. The Hall–Kier alpha value is -3.03. The molecule has 2 atom stereocenters. The number of carbonyl (C=O) groups excluding carboxylic acids is 2. The highest BCUT2D eigenvalue weighted by molar-refractivity contribution is 5.92. The summed E-state index contributed by atoms with van der Waals surface area (Å²) in [6.07, 6.45) is 0.744. The van der Waals surface area contributed by atoms with Crippen molar-refractivity contribution in [1.82, 2.24) is 14.7 Å². The van der Waals surface area contributed by atoms with Crippen LogP contribution in [0.1, 0.15) is 35.1 Å². The molecule has 2 heterocycles. The Balaban J connectivity index is 1.53. The number of hydrogen-bond acceptors (Lipinski definition) is 6. The maximum Gasteiger partial charge on any atom is 0.309 e. The monoisotopic (exact) mass is 399 g/mol. The summed E-state index contributed by atoms with van der Waals surface area (Å²) in [6, 6.07) is 7.46. The molecular weight excluding hydrogens is 374 g/mol. The first-order chi connectivity index (χ1) is 14.0. The van der Waals surface area contributed by atoms with E-state index in [1.165, 1.54) is 0 Å². The van der Waals surface area contributed by atoms with Gasteiger partial charge in [0.15, 0.2) is 11.5 Å². The standard InChI is InChI=1S/C21H25N3O5/c1-4-27-21(26)16-9-15(16)11-24(20(25)17-7-13(2)22-23(17)3)10-14-5-6-18-19(8-14)29-12-28-18/h5-8,15-16H,4,9-12H2,1-3H3/t15-,16-/m0/s1. The van der Waals surface area contributed by atoms with Gasteiger partial charge in [0.2, 0.25) is 6.79 Å². The van der Waals surface area contributed by atoms with E-state index in [-0.39, 0.29) is 30.5 Å². The van der Waals surface area contributed by atoms with Gasteiger partial charge in [0, 0.05) is 20.1 Å². The third-order valence-corrected chi connectivity index (χ3v) is 5.29. The van der Waals surface area contributed by atoms with E-state index < -0.39 is 0 Å². The molecule has 2 aliphatic rings. The minimum absolute atomic E-state index is 0.111. The number of ether oxygens (including phenoxy) is 3. The van der Waals surface area contributed by atoms with E-state index >= 15 is 0 Å². The second kappa shape index (κ2) is 7.77. The number of aromatic nitrogens is 2. The number of esters is 1. The van der Waals surface area contributed by atoms with E-state index in [0.717, 1.165) is 17.7 Å². The normalized spacial score (nSPS) is 19.1. The second-order valence-corrected chi connectivity index (χ2v) is 7.52. The SMILES string of the molecule is CCOC(=O)[C@H]1C[C@H]1CN(Cc1ccc2c(c1)OCO2)C(=O)c1cc(C)nn1C. The van der Waals surface area contributed by atoms with Gasteiger partial charge in [-0.1, -0.05) is 6.07 Å². The van der Waals surface area contributed by atoms with Crippen LogP contribution >= 0.6 is 0 Å². The van der Waals surface area contributed by atoms with E-state index in [1.807, 2.05) is 25.1 Å². The van der Waals surface area contributed by atoms with Crippen molar-refractivity contribution in [2.24, 2.45) is 18.9 Å². The maximum absolute atomic E-state index is 13.3. The van der Waals surface area contributed by atoms with Gasteiger partial charge in [0.25, 0.3) is 5.91 Å². The predicted octanol–water partition coefficient (Wildman–Crippen LogP) is 2.30. The molecule has 1 aliphatic heterocycles. The van der Waals surface area contributed by atoms with Gasteiger partial charge in [-0.05, 0) is 49.9 Å². The fourth-order valence-electron chi connectivity index (χ4n) is 3.72. The van der Waals surface area contributed by atoms with Crippen molar-refractivity contribution < 1.29 is 23.8 Å². The topological polar surface area (TPSA) is 82.9 Å². The number of amides is 1. The molecule has 0 N–H and O–H groups in total. The van der Waals surface area contributed by atoms with Crippen LogP contribution in [0.2, 0.25) is 0 Å². The summed E-state index contributed by atoms with van der Waals surface area (Å²) >= 11 is 0. The van der Waals surface area contributed by atoms with Gasteiger partial charge >= 0.3 is 5.97 Å². The van der Waals surface area contributed by atoms with Crippen molar-refractivity contribution in [1.29, 1.82) is 0 Å². The van der Waals surface area contributed by atoms with Gasteiger partial charge in [-0.3, -0.25) is 14.3 Å². The van der Waals surface area contributed by atoms with Gasteiger partial charge in [-0.25, -0.2) is 0 Å². The molecule has 1 aliphatic carbocycles. The van der Waals surface area contributed by atoms with Crippen molar-refractivity contribution in [2.45, 2.75) is 26.8 Å². The number of benzene rings is 1. The van der Waals surface area contributed by atoms with Crippen LogP contribution in [0.4, 0.5) is 0 Å². The minimum Gasteiger partial charge on any atom is -0.466 e.